The topological polar surface area (TPSA) is 15.3 Å². The summed E-state index contributed by atoms with van der Waals surface area (Å²) in [5.41, 5.74) is 0. The molecule has 2 heteroatoms. The molecule has 0 aromatic rings. The van der Waals surface area contributed by atoms with Crippen molar-refractivity contribution in [2.24, 2.45) is 17.8 Å². The maximum Gasteiger partial charge on any atom is 0.0105 e. The van der Waals surface area contributed by atoms with Crippen LogP contribution in [0.25, 0.3) is 0 Å². The highest BCUT2D eigenvalue weighted by atomic mass is 15.2. The Kier molecular flexibility index (Phi) is 7.01. The molecular weight excluding hydrogens is 256 g/mol. The van der Waals surface area contributed by atoms with Crippen LogP contribution in [0.15, 0.2) is 0 Å². The van der Waals surface area contributed by atoms with Crippen LogP contribution in [-0.2, 0) is 0 Å². The highest BCUT2D eigenvalue weighted by molar-refractivity contribution is 4.90. The summed E-state index contributed by atoms with van der Waals surface area (Å²) in [5, 5.41) is 3.62. The van der Waals surface area contributed by atoms with Gasteiger partial charge in [0.1, 0.15) is 0 Å². The third kappa shape index (κ3) is 5.56. The van der Waals surface area contributed by atoms with Gasteiger partial charge in [-0.1, -0.05) is 33.6 Å². The Morgan fingerprint density at radius 2 is 1.90 bits per heavy atom. The number of rotatable bonds is 9. The molecule has 3 atom stereocenters. The first-order valence-corrected chi connectivity index (χ1v) is 9.55. The Morgan fingerprint density at radius 1 is 1.14 bits per heavy atom. The minimum atomic E-state index is 0.762. The van der Waals surface area contributed by atoms with E-state index in [1.165, 1.54) is 64.5 Å². The smallest absolute Gasteiger partial charge is 0.0105 e. The number of nitrogens with zero attached hydrogens (tertiary/aromatic N) is 1. The molecule has 1 N–H and O–H groups in total. The van der Waals surface area contributed by atoms with Gasteiger partial charge in [0.05, 0.1) is 0 Å². The van der Waals surface area contributed by atoms with Gasteiger partial charge in [0.15, 0.2) is 0 Å². The van der Waals surface area contributed by atoms with Gasteiger partial charge in [0.2, 0.25) is 0 Å². The van der Waals surface area contributed by atoms with E-state index in [-0.39, 0.29) is 0 Å². The zero-order valence-electron chi connectivity index (χ0n) is 14.9. The van der Waals surface area contributed by atoms with E-state index >= 15 is 0 Å². The van der Waals surface area contributed by atoms with E-state index in [1.807, 2.05) is 0 Å². The Labute approximate surface area is 133 Å². The van der Waals surface area contributed by atoms with Crippen LogP contribution in [0.4, 0.5) is 0 Å². The largest absolute Gasteiger partial charge is 0.317 e. The van der Waals surface area contributed by atoms with Gasteiger partial charge in [-0.3, -0.25) is 0 Å². The second-order valence-corrected chi connectivity index (χ2v) is 8.03. The van der Waals surface area contributed by atoms with Crippen molar-refractivity contribution in [1.82, 2.24) is 10.2 Å². The average molecular weight is 295 g/mol. The molecular formula is C19H38N2. The lowest BCUT2D eigenvalue weighted by Gasteiger charge is -2.39. The van der Waals surface area contributed by atoms with Crippen LogP contribution in [0.3, 0.4) is 0 Å². The molecule has 2 saturated carbocycles. The van der Waals surface area contributed by atoms with Crippen LogP contribution in [-0.4, -0.2) is 37.1 Å². The van der Waals surface area contributed by atoms with Gasteiger partial charge in [-0.2, -0.15) is 0 Å². The third-order valence-corrected chi connectivity index (χ3v) is 5.68. The number of hydrogen-bond acceptors (Lipinski definition) is 2. The predicted octanol–water partition coefficient (Wildman–Crippen LogP) is 4.30. The van der Waals surface area contributed by atoms with Crippen molar-refractivity contribution < 1.29 is 0 Å². The zero-order chi connectivity index (χ0) is 15.2. The van der Waals surface area contributed by atoms with Gasteiger partial charge >= 0.3 is 0 Å². The zero-order valence-corrected chi connectivity index (χ0v) is 14.9. The quantitative estimate of drug-likeness (QED) is 0.682. The molecule has 0 bridgehead atoms. The summed E-state index contributed by atoms with van der Waals surface area (Å²) in [4.78, 5) is 2.84. The van der Waals surface area contributed by atoms with Gasteiger partial charge in [0.25, 0.3) is 0 Å². The third-order valence-electron chi connectivity index (χ3n) is 5.68. The summed E-state index contributed by atoms with van der Waals surface area (Å²) < 4.78 is 0. The maximum absolute atomic E-state index is 3.62. The van der Waals surface area contributed by atoms with Crippen molar-refractivity contribution in [3.05, 3.63) is 0 Å². The normalized spacial score (nSPS) is 30.3. The Hall–Kier alpha value is -0.0800. The fraction of sp³-hybridized carbons (Fsp3) is 1.00. The lowest BCUT2D eigenvalue weighted by atomic mass is 9.76. The van der Waals surface area contributed by atoms with Crippen LogP contribution in [0.1, 0.15) is 72.1 Å². The van der Waals surface area contributed by atoms with Crippen molar-refractivity contribution >= 4 is 0 Å². The molecule has 21 heavy (non-hydrogen) atoms. The van der Waals surface area contributed by atoms with Gasteiger partial charge in [-0.15, -0.1) is 0 Å². The van der Waals surface area contributed by atoms with Gasteiger partial charge < -0.3 is 10.2 Å². The fourth-order valence-corrected chi connectivity index (χ4v) is 4.20. The highest BCUT2D eigenvalue weighted by Crippen LogP contribution is 2.35. The molecule has 0 saturated heterocycles. The second-order valence-electron chi connectivity index (χ2n) is 8.03. The molecule has 0 heterocycles. The molecule has 0 aromatic carbocycles. The van der Waals surface area contributed by atoms with E-state index in [9.17, 15) is 0 Å². The second kappa shape index (κ2) is 8.53. The fourth-order valence-electron chi connectivity index (χ4n) is 4.20. The molecule has 3 unspecified atom stereocenters. The van der Waals surface area contributed by atoms with E-state index in [0.29, 0.717) is 0 Å². The molecule has 0 spiro atoms. The van der Waals surface area contributed by atoms with E-state index in [2.05, 4.69) is 38.0 Å². The van der Waals surface area contributed by atoms with Crippen LogP contribution in [0, 0.1) is 17.8 Å². The lowest BCUT2D eigenvalue weighted by Crippen LogP contribution is -2.45. The maximum atomic E-state index is 3.62. The van der Waals surface area contributed by atoms with Crippen LogP contribution in [0.2, 0.25) is 0 Å². The minimum Gasteiger partial charge on any atom is -0.317 e. The summed E-state index contributed by atoms with van der Waals surface area (Å²) >= 11 is 0. The molecule has 124 valence electrons. The Bertz CT molecular complexity index is 285. The molecule has 0 aromatic heterocycles. The van der Waals surface area contributed by atoms with Crippen molar-refractivity contribution in [1.29, 1.82) is 0 Å². The van der Waals surface area contributed by atoms with Gasteiger partial charge in [-0.25, -0.2) is 0 Å². The summed E-state index contributed by atoms with van der Waals surface area (Å²) in [6.45, 7) is 9.74. The first-order chi connectivity index (χ1) is 10.1. The van der Waals surface area contributed by atoms with Crippen LogP contribution in [0.5, 0.6) is 0 Å². The molecule has 0 aliphatic heterocycles. The SMILES string of the molecule is CCCC1CCC(NC)C(CN(CCC(C)C)C2CC2)C1. The van der Waals surface area contributed by atoms with Crippen LogP contribution >= 0.6 is 0 Å². The van der Waals surface area contributed by atoms with E-state index in [1.54, 1.807) is 0 Å². The number of nitrogens with one attached hydrogen (secondary N) is 1. The van der Waals surface area contributed by atoms with Crippen molar-refractivity contribution in [2.45, 2.75) is 84.2 Å². The van der Waals surface area contributed by atoms with Crippen molar-refractivity contribution in [3.8, 4) is 0 Å². The molecule has 2 rings (SSSR count). The van der Waals surface area contributed by atoms with Gasteiger partial charge in [-0.05, 0) is 69.9 Å². The lowest BCUT2D eigenvalue weighted by molar-refractivity contribution is 0.131. The summed E-state index contributed by atoms with van der Waals surface area (Å²) in [6.07, 6.45) is 11.4. The summed E-state index contributed by atoms with van der Waals surface area (Å²) in [5.74, 6) is 2.72. The predicted molar refractivity (Wildman–Crippen MR) is 92.6 cm³/mol. The summed E-state index contributed by atoms with van der Waals surface area (Å²) in [7, 11) is 2.17. The molecule has 2 aliphatic rings. The molecule has 0 radical (unpaired) electrons. The monoisotopic (exact) mass is 294 g/mol. The molecule has 0 amide bonds. The van der Waals surface area contributed by atoms with Crippen LogP contribution < -0.4 is 5.32 Å². The van der Waals surface area contributed by atoms with Crippen molar-refractivity contribution in [2.75, 3.05) is 20.1 Å². The first kappa shape index (κ1) is 17.3. The molecule has 2 nitrogen and oxygen atoms in total. The standard InChI is InChI=1S/C19H38N2/c1-5-6-16-7-10-19(20-4)17(13-16)14-21(18-8-9-18)12-11-15(2)3/h15-20H,5-14H2,1-4H3. The van der Waals surface area contributed by atoms with Crippen molar-refractivity contribution in [3.63, 3.8) is 0 Å². The molecule has 2 fully saturated rings. The van der Waals surface area contributed by atoms with Gasteiger partial charge in [0, 0.05) is 18.6 Å². The first-order valence-electron chi connectivity index (χ1n) is 9.55. The minimum absolute atomic E-state index is 0.762. The average Bonchev–Trinajstić information content (AvgIpc) is 3.28. The van der Waals surface area contributed by atoms with E-state index < -0.39 is 0 Å². The van der Waals surface area contributed by atoms with E-state index in [0.717, 1.165) is 29.8 Å². The Morgan fingerprint density at radius 3 is 2.48 bits per heavy atom. The highest BCUT2D eigenvalue weighted by Gasteiger charge is 2.35. The Balaban J connectivity index is 1.88. The number of hydrogen-bond donors (Lipinski definition) is 1. The van der Waals surface area contributed by atoms with E-state index in [4.69, 9.17) is 0 Å². The summed E-state index contributed by atoms with van der Waals surface area (Å²) in [6, 6.07) is 1.69. The molecule has 2 aliphatic carbocycles.